The van der Waals surface area contributed by atoms with Gasteiger partial charge >= 0.3 is 0 Å². The molecule has 96 valence electrons. The van der Waals surface area contributed by atoms with Crippen molar-refractivity contribution >= 4 is 0 Å². The van der Waals surface area contributed by atoms with Gasteiger partial charge in [-0.25, -0.2) is 0 Å². The lowest BCUT2D eigenvalue weighted by atomic mass is 10.0. The van der Waals surface area contributed by atoms with Crippen LogP contribution >= 0.6 is 0 Å². The third-order valence-corrected chi connectivity index (χ3v) is 2.83. The molecule has 0 saturated carbocycles. The minimum absolute atomic E-state index is 0.158. The van der Waals surface area contributed by atoms with Gasteiger partial charge < -0.3 is 15.3 Å². The molecule has 0 aromatic heterocycles. The quantitative estimate of drug-likeness (QED) is 0.823. The maximum Gasteiger partial charge on any atom is 0.120 e. The Hall–Kier alpha value is -1.06. The molecular weight excluding hydrogens is 212 g/mol. The fourth-order valence-corrected chi connectivity index (χ4v) is 2.14. The SMILES string of the molecule is Cc1ccc(C(C)NC(C)CN(C)C)c(O)c1. The number of hydrogen-bond donors (Lipinski definition) is 2. The first-order chi connectivity index (χ1) is 7.90. The molecule has 2 N–H and O–H groups in total. The zero-order valence-electron chi connectivity index (χ0n) is 11.5. The van der Waals surface area contributed by atoms with E-state index in [0.717, 1.165) is 17.7 Å². The summed E-state index contributed by atoms with van der Waals surface area (Å²) in [4.78, 5) is 2.15. The molecule has 2 unspecified atom stereocenters. The zero-order valence-corrected chi connectivity index (χ0v) is 11.5. The molecule has 0 amide bonds. The first-order valence-electron chi connectivity index (χ1n) is 6.10. The Labute approximate surface area is 104 Å². The van der Waals surface area contributed by atoms with Crippen LogP contribution in [0.5, 0.6) is 5.75 Å². The first-order valence-corrected chi connectivity index (χ1v) is 6.10. The predicted molar refractivity (Wildman–Crippen MR) is 72.4 cm³/mol. The van der Waals surface area contributed by atoms with Gasteiger partial charge in [-0.3, -0.25) is 0 Å². The molecule has 0 bridgehead atoms. The number of aromatic hydroxyl groups is 1. The number of hydrogen-bond acceptors (Lipinski definition) is 3. The minimum Gasteiger partial charge on any atom is -0.508 e. The van der Waals surface area contributed by atoms with Crippen molar-refractivity contribution in [3.63, 3.8) is 0 Å². The summed E-state index contributed by atoms with van der Waals surface area (Å²) in [6.45, 7) is 7.20. The van der Waals surface area contributed by atoms with Crippen molar-refractivity contribution in [1.29, 1.82) is 0 Å². The van der Waals surface area contributed by atoms with Crippen molar-refractivity contribution in [3.05, 3.63) is 29.3 Å². The van der Waals surface area contributed by atoms with E-state index >= 15 is 0 Å². The summed E-state index contributed by atoms with van der Waals surface area (Å²) in [5.74, 6) is 0.377. The van der Waals surface area contributed by atoms with Gasteiger partial charge in [-0.15, -0.1) is 0 Å². The molecule has 1 rings (SSSR count). The average Bonchev–Trinajstić information content (AvgIpc) is 2.15. The average molecular weight is 236 g/mol. The molecule has 3 nitrogen and oxygen atoms in total. The van der Waals surface area contributed by atoms with E-state index in [-0.39, 0.29) is 6.04 Å². The normalized spacial score (nSPS) is 14.9. The number of phenolic OH excluding ortho intramolecular Hbond substituents is 1. The van der Waals surface area contributed by atoms with Crippen molar-refractivity contribution in [1.82, 2.24) is 10.2 Å². The first kappa shape index (κ1) is 14.0. The van der Waals surface area contributed by atoms with Gasteiger partial charge in [0.15, 0.2) is 0 Å². The number of benzene rings is 1. The maximum absolute atomic E-state index is 9.91. The van der Waals surface area contributed by atoms with Crippen LogP contribution in [0, 0.1) is 6.92 Å². The molecule has 0 fully saturated rings. The molecule has 3 heteroatoms. The number of aryl methyl sites for hydroxylation is 1. The molecule has 0 aliphatic carbocycles. The van der Waals surface area contributed by atoms with E-state index in [1.54, 1.807) is 0 Å². The third kappa shape index (κ3) is 4.36. The van der Waals surface area contributed by atoms with Crippen molar-refractivity contribution in [3.8, 4) is 5.75 Å². The van der Waals surface area contributed by atoms with Crippen LogP contribution in [0.4, 0.5) is 0 Å². The van der Waals surface area contributed by atoms with Gasteiger partial charge in [-0.05, 0) is 46.5 Å². The summed E-state index contributed by atoms with van der Waals surface area (Å²) < 4.78 is 0. The third-order valence-electron chi connectivity index (χ3n) is 2.83. The maximum atomic E-state index is 9.91. The fraction of sp³-hybridized carbons (Fsp3) is 0.571. The summed E-state index contributed by atoms with van der Waals surface area (Å²) in [7, 11) is 4.12. The van der Waals surface area contributed by atoms with Crippen LogP contribution in [0.2, 0.25) is 0 Å². The molecule has 0 radical (unpaired) electrons. The highest BCUT2D eigenvalue weighted by atomic mass is 16.3. The van der Waals surface area contributed by atoms with Gasteiger partial charge in [0.1, 0.15) is 5.75 Å². The number of rotatable bonds is 5. The molecule has 2 atom stereocenters. The van der Waals surface area contributed by atoms with E-state index in [2.05, 4.69) is 38.2 Å². The highest BCUT2D eigenvalue weighted by Crippen LogP contribution is 2.25. The Morgan fingerprint density at radius 1 is 1.29 bits per heavy atom. The van der Waals surface area contributed by atoms with E-state index in [0.29, 0.717) is 11.8 Å². The van der Waals surface area contributed by atoms with Gasteiger partial charge in [-0.1, -0.05) is 12.1 Å². The second kappa shape index (κ2) is 6.03. The van der Waals surface area contributed by atoms with Crippen LogP contribution in [-0.4, -0.2) is 36.7 Å². The largest absolute Gasteiger partial charge is 0.508 e. The molecule has 1 aromatic rings. The van der Waals surface area contributed by atoms with E-state index in [4.69, 9.17) is 0 Å². The Kier molecular flexibility index (Phi) is 4.97. The van der Waals surface area contributed by atoms with Crippen LogP contribution in [0.15, 0.2) is 18.2 Å². The predicted octanol–water partition coefficient (Wildman–Crippen LogP) is 2.30. The lowest BCUT2D eigenvalue weighted by Gasteiger charge is -2.23. The smallest absolute Gasteiger partial charge is 0.120 e. The Bertz CT molecular complexity index is 363. The lowest BCUT2D eigenvalue weighted by molar-refractivity contribution is 0.332. The fourth-order valence-electron chi connectivity index (χ4n) is 2.14. The second-order valence-electron chi connectivity index (χ2n) is 5.11. The van der Waals surface area contributed by atoms with Gasteiger partial charge in [0.05, 0.1) is 0 Å². The monoisotopic (exact) mass is 236 g/mol. The van der Waals surface area contributed by atoms with Crippen LogP contribution in [0.1, 0.15) is 31.0 Å². The van der Waals surface area contributed by atoms with Crippen LogP contribution in [0.25, 0.3) is 0 Å². The highest BCUT2D eigenvalue weighted by Gasteiger charge is 2.13. The Morgan fingerprint density at radius 2 is 1.94 bits per heavy atom. The number of nitrogens with zero attached hydrogens (tertiary/aromatic N) is 1. The molecular formula is C14H24N2O. The van der Waals surface area contributed by atoms with E-state index < -0.39 is 0 Å². The summed E-state index contributed by atoms with van der Waals surface area (Å²) in [5, 5.41) is 13.4. The van der Waals surface area contributed by atoms with Crippen molar-refractivity contribution < 1.29 is 5.11 Å². The van der Waals surface area contributed by atoms with Crippen LogP contribution < -0.4 is 5.32 Å². The second-order valence-corrected chi connectivity index (χ2v) is 5.11. The minimum atomic E-state index is 0.158. The van der Waals surface area contributed by atoms with Crippen molar-refractivity contribution in [2.45, 2.75) is 32.9 Å². The van der Waals surface area contributed by atoms with Gasteiger partial charge in [0.2, 0.25) is 0 Å². The lowest BCUT2D eigenvalue weighted by Crippen LogP contribution is -2.37. The summed E-state index contributed by atoms with van der Waals surface area (Å²) in [5.41, 5.74) is 2.04. The molecule has 0 heterocycles. The summed E-state index contributed by atoms with van der Waals surface area (Å²) in [6.07, 6.45) is 0. The van der Waals surface area contributed by atoms with Crippen LogP contribution in [-0.2, 0) is 0 Å². The van der Waals surface area contributed by atoms with E-state index in [9.17, 15) is 5.11 Å². The topological polar surface area (TPSA) is 35.5 Å². The van der Waals surface area contributed by atoms with Crippen LogP contribution in [0.3, 0.4) is 0 Å². The van der Waals surface area contributed by atoms with Gasteiger partial charge in [-0.2, -0.15) is 0 Å². The Balaban J connectivity index is 2.66. The standard InChI is InChI=1S/C14H24N2O/c1-10-6-7-13(14(17)8-10)12(3)15-11(2)9-16(4)5/h6-8,11-12,15,17H,9H2,1-5H3. The molecule has 17 heavy (non-hydrogen) atoms. The number of phenols is 1. The summed E-state index contributed by atoms with van der Waals surface area (Å²) in [6, 6.07) is 6.38. The Morgan fingerprint density at radius 3 is 2.47 bits per heavy atom. The van der Waals surface area contributed by atoms with Crippen molar-refractivity contribution in [2.24, 2.45) is 0 Å². The van der Waals surface area contributed by atoms with Crippen molar-refractivity contribution in [2.75, 3.05) is 20.6 Å². The van der Waals surface area contributed by atoms with Gasteiger partial charge in [0, 0.05) is 24.2 Å². The summed E-state index contributed by atoms with van der Waals surface area (Å²) >= 11 is 0. The highest BCUT2D eigenvalue weighted by molar-refractivity contribution is 5.37. The molecule has 0 saturated heterocycles. The molecule has 1 aromatic carbocycles. The van der Waals surface area contributed by atoms with E-state index in [1.807, 2.05) is 25.1 Å². The van der Waals surface area contributed by atoms with Gasteiger partial charge in [0.25, 0.3) is 0 Å². The molecule has 0 aliphatic rings. The molecule has 0 aliphatic heterocycles. The zero-order chi connectivity index (χ0) is 13.0. The molecule has 0 spiro atoms. The van der Waals surface area contributed by atoms with E-state index in [1.165, 1.54) is 0 Å². The number of nitrogens with one attached hydrogen (secondary N) is 1. The number of likely N-dealkylation sites (N-methyl/N-ethyl adjacent to an activating group) is 1.